The van der Waals surface area contributed by atoms with Crippen molar-refractivity contribution in [1.82, 2.24) is 9.97 Å². The van der Waals surface area contributed by atoms with Gasteiger partial charge in [0.25, 0.3) is 0 Å². The molecule has 72 valence electrons. The van der Waals surface area contributed by atoms with Crippen LogP contribution >= 0.6 is 0 Å². The smallest absolute Gasteiger partial charge is 0.146 e. The van der Waals surface area contributed by atoms with Crippen molar-refractivity contribution in [3.63, 3.8) is 0 Å². The minimum absolute atomic E-state index is 0.611. The van der Waals surface area contributed by atoms with E-state index in [1.807, 2.05) is 7.05 Å². The Kier molecular flexibility index (Phi) is 3.49. The highest BCUT2D eigenvalue weighted by atomic mass is 15.1. The topological polar surface area (TPSA) is 49.8 Å². The lowest BCUT2D eigenvalue weighted by Crippen LogP contribution is -2.09. The molecule has 4 nitrogen and oxygen atoms in total. The SMILES string of the molecule is CNc1cncc(NCC(C)C)n1. The molecule has 0 atom stereocenters. The first-order valence-corrected chi connectivity index (χ1v) is 4.46. The largest absolute Gasteiger partial charge is 0.372 e. The van der Waals surface area contributed by atoms with E-state index in [1.54, 1.807) is 12.4 Å². The van der Waals surface area contributed by atoms with Crippen molar-refractivity contribution in [3.05, 3.63) is 12.4 Å². The van der Waals surface area contributed by atoms with Gasteiger partial charge >= 0.3 is 0 Å². The average molecular weight is 180 g/mol. The maximum Gasteiger partial charge on any atom is 0.146 e. The molecule has 0 bridgehead atoms. The molecule has 0 aliphatic carbocycles. The van der Waals surface area contributed by atoms with Gasteiger partial charge in [-0.2, -0.15) is 0 Å². The molecule has 0 amide bonds. The van der Waals surface area contributed by atoms with Gasteiger partial charge in [0, 0.05) is 13.6 Å². The molecule has 0 aliphatic rings. The zero-order chi connectivity index (χ0) is 9.68. The Balaban J connectivity index is 2.56. The Hall–Kier alpha value is -1.32. The van der Waals surface area contributed by atoms with Crippen LogP contribution in [-0.2, 0) is 0 Å². The summed E-state index contributed by atoms with van der Waals surface area (Å²) in [7, 11) is 1.83. The number of nitrogens with zero attached hydrogens (tertiary/aromatic N) is 2. The molecule has 1 aromatic heterocycles. The van der Waals surface area contributed by atoms with Crippen molar-refractivity contribution in [2.24, 2.45) is 5.92 Å². The zero-order valence-electron chi connectivity index (χ0n) is 8.33. The molecule has 0 aromatic carbocycles. The maximum atomic E-state index is 4.28. The van der Waals surface area contributed by atoms with E-state index in [1.165, 1.54) is 0 Å². The van der Waals surface area contributed by atoms with E-state index in [0.29, 0.717) is 5.92 Å². The second-order valence-corrected chi connectivity index (χ2v) is 3.31. The third kappa shape index (κ3) is 3.27. The van der Waals surface area contributed by atoms with Crippen molar-refractivity contribution in [1.29, 1.82) is 0 Å². The van der Waals surface area contributed by atoms with E-state index < -0.39 is 0 Å². The number of hydrogen-bond acceptors (Lipinski definition) is 4. The van der Waals surface area contributed by atoms with Crippen LogP contribution in [0.1, 0.15) is 13.8 Å². The molecule has 0 saturated heterocycles. The summed E-state index contributed by atoms with van der Waals surface area (Å²) in [5.74, 6) is 2.22. The summed E-state index contributed by atoms with van der Waals surface area (Å²) in [4.78, 5) is 8.32. The Bertz CT molecular complexity index is 260. The standard InChI is InChI=1S/C9H16N4/c1-7(2)4-12-9-6-11-5-8(10-3)13-9/h5-7H,4H2,1-3H3,(H2,10,12,13). The minimum Gasteiger partial charge on any atom is -0.372 e. The van der Waals surface area contributed by atoms with E-state index in [2.05, 4.69) is 34.4 Å². The van der Waals surface area contributed by atoms with Gasteiger partial charge in [0.1, 0.15) is 11.6 Å². The summed E-state index contributed by atoms with van der Waals surface area (Å²) in [5, 5.41) is 6.15. The molecule has 1 heterocycles. The Morgan fingerprint density at radius 3 is 2.62 bits per heavy atom. The number of nitrogens with one attached hydrogen (secondary N) is 2. The van der Waals surface area contributed by atoms with Gasteiger partial charge in [0.05, 0.1) is 12.4 Å². The van der Waals surface area contributed by atoms with Gasteiger partial charge in [-0.25, -0.2) is 4.98 Å². The lowest BCUT2D eigenvalue weighted by Gasteiger charge is -2.08. The van der Waals surface area contributed by atoms with Crippen LogP contribution in [0.25, 0.3) is 0 Å². The lowest BCUT2D eigenvalue weighted by atomic mass is 10.2. The zero-order valence-corrected chi connectivity index (χ0v) is 8.33. The van der Waals surface area contributed by atoms with Gasteiger partial charge in [-0.1, -0.05) is 13.8 Å². The van der Waals surface area contributed by atoms with Crippen LogP contribution in [0.2, 0.25) is 0 Å². The van der Waals surface area contributed by atoms with Crippen molar-refractivity contribution in [2.45, 2.75) is 13.8 Å². The fourth-order valence-corrected chi connectivity index (χ4v) is 0.880. The first-order valence-electron chi connectivity index (χ1n) is 4.46. The van der Waals surface area contributed by atoms with Gasteiger partial charge in [0.15, 0.2) is 0 Å². The van der Waals surface area contributed by atoms with Gasteiger partial charge in [-0.3, -0.25) is 4.98 Å². The van der Waals surface area contributed by atoms with Crippen molar-refractivity contribution < 1.29 is 0 Å². The second-order valence-electron chi connectivity index (χ2n) is 3.31. The highest BCUT2D eigenvalue weighted by Crippen LogP contribution is 2.06. The predicted molar refractivity (Wildman–Crippen MR) is 54.9 cm³/mol. The van der Waals surface area contributed by atoms with Crippen LogP contribution < -0.4 is 10.6 Å². The number of rotatable bonds is 4. The third-order valence-corrected chi connectivity index (χ3v) is 1.58. The second kappa shape index (κ2) is 4.64. The Morgan fingerprint density at radius 1 is 1.31 bits per heavy atom. The molecule has 2 N–H and O–H groups in total. The quantitative estimate of drug-likeness (QED) is 0.738. The third-order valence-electron chi connectivity index (χ3n) is 1.58. The molecule has 0 fully saturated rings. The first-order chi connectivity index (χ1) is 6.22. The molecule has 0 spiro atoms. The lowest BCUT2D eigenvalue weighted by molar-refractivity contribution is 0.687. The molecule has 0 saturated carbocycles. The fourth-order valence-electron chi connectivity index (χ4n) is 0.880. The van der Waals surface area contributed by atoms with Gasteiger partial charge < -0.3 is 10.6 Å². The number of anilines is 2. The van der Waals surface area contributed by atoms with Crippen LogP contribution in [0.5, 0.6) is 0 Å². The first kappa shape index (κ1) is 9.77. The Labute approximate surface area is 78.8 Å². The van der Waals surface area contributed by atoms with Crippen LogP contribution in [0.4, 0.5) is 11.6 Å². The highest BCUT2D eigenvalue weighted by molar-refractivity contribution is 5.40. The monoisotopic (exact) mass is 180 g/mol. The number of aromatic nitrogens is 2. The van der Waals surface area contributed by atoms with Crippen LogP contribution in [0.3, 0.4) is 0 Å². The van der Waals surface area contributed by atoms with Gasteiger partial charge in [-0.05, 0) is 5.92 Å². The molecule has 0 aliphatic heterocycles. The van der Waals surface area contributed by atoms with Gasteiger partial charge in [-0.15, -0.1) is 0 Å². The molecule has 1 rings (SSSR count). The summed E-state index contributed by atoms with van der Waals surface area (Å²) in [6, 6.07) is 0. The summed E-state index contributed by atoms with van der Waals surface area (Å²) < 4.78 is 0. The average Bonchev–Trinajstić information content (AvgIpc) is 2.15. The summed E-state index contributed by atoms with van der Waals surface area (Å²) in [6.07, 6.45) is 3.42. The maximum absolute atomic E-state index is 4.28. The molecular weight excluding hydrogens is 164 g/mol. The summed E-state index contributed by atoms with van der Waals surface area (Å²) in [6.45, 7) is 5.23. The summed E-state index contributed by atoms with van der Waals surface area (Å²) in [5.41, 5.74) is 0. The molecular formula is C9H16N4. The van der Waals surface area contributed by atoms with Crippen molar-refractivity contribution >= 4 is 11.6 Å². The van der Waals surface area contributed by atoms with Crippen LogP contribution in [-0.4, -0.2) is 23.6 Å². The molecule has 1 aromatic rings. The molecule has 0 radical (unpaired) electrons. The Morgan fingerprint density at radius 2 is 2.00 bits per heavy atom. The molecule has 0 unspecified atom stereocenters. The van der Waals surface area contributed by atoms with Crippen LogP contribution in [0, 0.1) is 5.92 Å². The number of hydrogen-bond donors (Lipinski definition) is 2. The summed E-state index contributed by atoms with van der Waals surface area (Å²) >= 11 is 0. The van der Waals surface area contributed by atoms with Crippen molar-refractivity contribution in [3.8, 4) is 0 Å². The van der Waals surface area contributed by atoms with Gasteiger partial charge in [0.2, 0.25) is 0 Å². The van der Waals surface area contributed by atoms with E-state index in [-0.39, 0.29) is 0 Å². The fraction of sp³-hybridized carbons (Fsp3) is 0.556. The predicted octanol–water partition coefficient (Wildman–Crippen LogP) is 1.59. The normalized spacial score (nSPS) is 10.2. The van der Waals surface area contributed by atoms with Crippen LogP contribution in [0.15, 0.2) is 12.4 Å². The van der Waals surface area contributed by atoms with E-state index >= 15 is 0 Å². The minimum atomic E-state index is 0.611. The van der Waals surface area contributed by atoms with E-state index in [0.717, 1.165) is 18.2 Å². The molecule has 4 heteroatoms. The van der Waals surface area contributed by atoms with E-state index in [9.17, 15) is 0 Å². The van der Waals surface area contributed by atoms with Crippen molar-refractivity contribution in [2.75, 3.05) is 24.2 Å². The van der Waals surface area contributed by atoms with E-state index in [4.69, 9.17) is 0 Å². The highest BCUT2D eigenvalue weighted by Gasteiger charge is 1.97. The molecule has 13 heavy (non-hydrogen) atoms.